The van der Waals surface area contributed by atoms with Crippen molar-refractivity contribution >= 4 is 34.7 Å². The highest BCUT2D eigenvalue weighted by Gasteiger charge is 2.26. The molecule has 1 N–H and O–H groups in total. The Bertz CT molecular complexity index is 642. The zero-order valence-corrected chi connectivity index (χ0v) is 15.0. The third-order valence-electron chi connectivity index (χ3n) is 4.30. The van der Waals surface area contributed by atoms with E-state index >= 15 is 0 Å². The molecule has 1 aromatic carbocycles. The van der Waals surface area contributed by atoms with Gasteiger partial charge < -0.3 is 5.32 Å². The van der Waals surface area contributed by atoms with Crippen molar-refractivity contribution < 1.29 is 4.79 Å². The zero-order chi connectivity index (χ0) is 16.1. The van der Waals surface area contributed by atoms with E-state index in [1.54, 1.807) is 23.1 Å². The first-order chi connectivity index (χ1) is 11.3. The predicted octanol–water partition coefficient (Wildman–Crippen LogP) is 4.64. The molecular weight excluding hydrogens is 324 g/mol. The maximum absolute atomic E-state index is 12.3. The van der Waals surface area contributed by atoms with Crippen LogP contribution in [0.25, 0.3) is 0 Å². The summed E-state index contributed by atoms with van der Waals surface area (Å²) in [6.45, 7) is 1.92. The number of likely N-dealkylation sites (tertiary alicyclic amines) is 1. The molecule has 1 aliphatic rings. The fraction of sp³-hybridized carbons (Fsp3) is 0.389. The molecule has 2 aromatic rings. The van der Waals surface area contributed by atoms with E-state index in [0.29, 0.717) is 12.5 Å². The summed E-state index contributed by atoms with van der Waals surface area (Å²) >= 11 is 3.41. The molecule has 1 fully saturated rings. The van der Waals surface area contributed by atoms with E-state index in [0.717, 1.165) is 23.7 Å². The molecule has 23 heavy (non-hydrogen) atoms. The number of amides is 1. The first kappa shape index (κ1) is 16.6. The van der Waals surface area contributed by atoms with Crippen molar-refractivity contribution in [3.8, 4) is 0 Å². The van der Waals surface area contributed by atoms with Crippen LogP contribution in [0, 0.1) is 0 Å². The number of hydrogen-bond acceptors (Lipinski definition) is 4. The molecule has 122 valence electrons. The molecule has 0 spiro atoms. The molecule has 0 aliphatic carbocycles. The molecule has 1 amide bonds. The van der Waals surface area contributed by atoms with Crippen molar-refractivity contribution in [2.75, 3.05) is 24.7 Å². The lowest BCUT2D eigenvalue weighted by Crippen LogP contribution is -2.27. The van der Waals surface area contributed by atoms with Crippen LogP contribution < -0.4 is 5.32 Å². The van der Waals surface area contributed by atoms with E-state index in [-0.39, 0.29) is 5.91 Å². The van der Waals surface area contributed by atoms with Gasteiger partial charge in [0.25, 0.3) is 0 Å². The molecule has 1 atom stereocenters. The van der Waals surface area contributed by atoms with E-state index in [1.807, 2.05) is 30.5 Å². The number of nitrogens with zero attached hydrogens (tertiary/aromatic N) is 1. The summed E-state index contributed by atoms with van der Waals surface area (Å²) in [4.78, 5) is 15.8. The minimum atomic E-state index is 0.0995. The SMILES string of the molecule is CSc1ccccc1NC(=O)CCN1CCC[C@H]1c1ccsc1. The van der Waals surface area contributed by atoms with Crippen LogP contribution in [0.4, 0.5) is 5.69 Å². The number of thiophene rings is 1. The number of para-hydroxylation sites is 1. The lowest BCUT2D eigenvalue weighted by molar-refractivity contribution is -0.116. The summed E-state index contributed by atoms with van der Waals surface area (Å²) in [5, 5.41) is 7.42. The lowest BCUT2D eigenvalue weighted by atomic mass is 10.1. The molecule has 5 heteroatoms. The maximum atomic E-state index is 12.3. The van der Waals surface area contributed by atoms with E-state index in [9.17, 15) is 4.79 Å². The van der Waals surface area contributed by atoms with Gasteiger partial charge in [0, 0.05) is 23.9 Å². The Balaban J connectivity index is 1.54. The summed E-state index contributed by atoms with van der Waals surface area (Å²) in [5.74, 6) is 0.0995. The average molecular weight is 347 g/mol. The third kappa shape index (κ3) is 4.16. The minimum Gasteiger partial charge on any atom is -0.325 e. The topological polar surface area (TPSA) is 32.3 Å². The van der Waals surface area contributed by atoms with E-state index in [2.05, 4.69) is 27.0 Å². The molecule has 1 saturated heterocycles. The summed E-state index contributed by atoms with van der Waals surface area (Å²) in [6.07, 6.45) is 5.00. The van der Waals surface area contributed by atoms with Crippen molar-refractivity contribution in [3.05, 3.63) is 46.7 Å². The molecule has 3 nitrogen and oxygen atoms in total. The number of anilines is 1. The number of carbonyl (C=O) groups excluding carboxylic acids is 1. The van der Waals surface area contributed by atoms with Gasteiger partial charge in [0.15, 0.2) is 0 Å². The van der Waals surface area contributed by atoms with Gasteiger partial charge in [-0.2, -0.15) is 11.3 Å². The van der Waals surface area contributed by atoms with E-state index in [1.165, 1.54) is 18.4 Å². The number of thioether (sulfide) groups is 1. The van der Waals surface area contributed by atoms with Gasteiger partial charge in [-0.25, -0.2) is 0 Å². The minimum absolute atomic E-state index is 0.0995. The van der Waals surface area contributed by atoms with Crippen LogP contribution in [0.2, 0.25) is 0 Å². The summed E-state index contributed by atoms with van der Waals surface area (Å²) in [5.41, 5.74) is 2.32. The van der Waals surface area contributed by atoms with Crippen LogP contribution in [0.1, 0.15) is 30.9 Å². The molecule has 0 saturated carbocycles. The highest BCUT2D eigenvalue weighted by molar-refractivity contribution is 7.98. The molecule has 3 rings (SSSR count). The van der Waals surface area contributed by atoms with Gasteiger partial charge in [0.2, 0.25) is 5.91 Å². The van der Waals surface area contributed by atoms with Gasteiger partial charge in [-0.15, -0.1) is 11.8 Å². The Morgan fingerprint density at radius 3 is 3.04 bits per heavy atom. The van der Waals surface area contributed by atoms with E-state index in [4.69, 9.17) is 0 Å². The Morgan fingerprint density at radius 2 is 2.26 bits per heavy atom. The van der Waals surface area contributed by atoms with Crippen molar-refractivity contribution in [2.24, 2.45) is 0 Å². The summed E-state index contributed by atoms with van der Waals surface area (Å²) in [6, 6.07) is 10.7. The highest BCUT2D eigenvalue weighted by atomic mass is 32.2. The van der Waals surface area contributed by atoms with Gasteiger partial charge >= 0.3 is 0 Å². The highest BCUT2D eigenvalue weighted by Crippen LogP contribution is 2.33. The van der Waals surface area contributed by atoms with Crippen molar-refractivity contribution in [2.45, 2.75) is 30.2 Å². The molecule has 0 radical (unpaired) electrons. The van der Waals surface area contributed by atoms with Crippen LogP contribution in [-0.4, -0.2) is 30.2 Å². The van der Waals surface area contributed by atoms with Crippen LogP contribution in [-0.2, 0) is 4.79 Å². The molecule has 0 unspecified atom stereocenters. The predicted molar refractivity (Wildman–Crippen MR) is 99.3 cm³/mol. The van der Waals surface area contributed by atoms with Gasteiger partial charge in [0.1, 0.15) is 0 Å². The van der Waals surface area contributed by atoms with Crippen molar-refractivity contribution in [3.63, 3.8) is 0 Å². The first-order valence-electron chi connectivity index (χ1n) is 7.97. The second-order valence-corrected chi connectivity index (χ2v) is 7.38. The van der Waals surface area contributed by atoms with Crippen LogP contribution in [0.15, 0.2) is 46.0 Å². The zero-order valence-electron chi connectivity index (χ0n) is 13.3. The fourth-order valence-corrected chi connectivity index (χ4v) is 4.40. The van der Waals surface area contributed by atoms with Crippen LogP contribution in [0.5, 0.6) is 0 Å². The Labute approximate surface area is 146 Å². The maximum Gasteiger partial charge on any atom is 0.225 e. The normalized spacial score (nSPS) is 18.2. The number of nitrogens with one attached hydrogen (secondary N) is 1. The molecule has 1 aliphatic heterocycles. The average Bonchev–Trinajstić information content (AvgIpc) is 3.24. The monoisotopic (exact) mass is 346 g/mol. The first-order valence-corrected chi connectivity index (χ1v) is 10.1. The second-order valence-electron chi connectivity index (χ2n) is 5.75. The standard InChI is InChI=1S/C18H22N2OS2/c1-22-17-7-3-2-5-15(17)19-18(21)8-11-20-10-4-6-16(20)14-9-12-23-13-14/h2-3,5,7,9,12-13,16H,4,6,8,10-11H2,1H3,(H,19,21)/t16-/m0/s1. The van der Waals surface area contributed by atoms with Gasteiger partial charge in [0.05, 0.1) is 5.69 Å². The quantitative estimate of drug-likeness (QED) is 0.774. The third-order valence-corrected chi connectivity index (χ3v) is 5.80. The van der Waals surface area contributed by atoms with Crippen molar-refractivity contribution in [1.29, 1.82) is 0 Å². The number of rotatable bonds is 6. The lowest BCUT2D eigenvalue weighted by Gasteiger charge is -2.23. The summed E-state index contributed by atoms with van der Waals surface area (Å²) < 4.78 is 0. The van der Waals surface area contributed by atoms with Gasteiger partial charge in [-0.3, -0.25) is 9.69 Å². The number of benzene rings is 1. The smallest absolute Gasteiger partial charge is 0.225 e. The molecule has 1 aromatic heterocycles. The molecule has 0 bridgehead atoms. The second kappa shape index (κ2) is 7.99. The van der Waals surface area contributed by atoms with Crippen LogP contribution >= 0.6 is 23.1 Å². The van der Waals surface area contributed by atoms with E-state index < -0.39 is 0 Å². The Kier molecular flexibility index (Phi) is 5.75. The van der Waals surface area contributed by atoms with Crippen molar-refractivity contribution in [1.82, 2.24) is 4.90 Å². The molecular formula is C18H22N2OS2. The van der Waals surface area contributed by atoms with Gasteiger partial charge in [-0.1, -0.05) is 12.1 Å². The number of hydrogen-bond donors (Lipinski definition) is 1. The fourth-order valence-electron chi connectivity index (χ4n) is 3.14. The Hall–Kier alpha value is -1.30. The Morgan fingerprint density at radius 1 is 1.39 bits per heavy atom. The molecule has 2 heterocycles. The van der Waals surface area contributed by atoms with Crippen LogP contribution in [0.3, 0.4) is 0 Å². The number of carbonyl (C=O) groups is 1. The summed E-state index contributed by atoms with van der Waals surface area (Å²) in [7, 11) is 0. The largest absolute Gasteiger partial charge is 0.325 e. The van der Waals surface area contributed by atoms with Gasteiger partial charge in [-0.05, 0) is 60.2 Å².